The molecule has 112 valence electrons. The number of aliphatic carboxylic acids is 1. The lowest BCUT2D eigenvalue weighted by molar-refractivity contribution is -0.150. The first kappa shape index (κ1) is 14.9. The summed E-state index contributed by atoms with van der Waals surface area (Å²) < 4.78 is 1.86. The van der Waals surface area contributed by atoms with Gasteiger partial charge >= 0.3 is 5.97 Å². The van der Waals surface area contributed by atoms with Crippen molar-refractivity contribution in [2.75, 3.05) is 13.1 Å². The quantitative estimate of drug-likeness (QED) is 0.842. The first-order chi connectivity index (χ1) is 9.55. The van der Waals surface area contributed by atoms with Crippen molar-refractivity contribution in [3.05, 3.63) is 5.82 Å². The minimum absolute atomic E-state index is 0.579. The van der Waals surface area contributed by atoms with Gasteiger partial charge in [0.1, 0.15) is 0 Å². The fourth-order valence-electron chi connectivity index (χ4n) is 2.44. The van der Waals surface area contributed by atoms with Gasteiger partial charge in [0.25, 0.3) is 0 Å². The monoisotopic (exact) mass is 281 g/mol. The molecule has 1 aromatic rings. The Labute approximate surface area is 119 Å². The van der Waals surface area contributed by atoms with Gasteiger partial charge in [-0.05, 0) is 49.7 Å². The fourth-order valence-corrected chi connectivity index (χ4v) is 2.44. The van der Waals surface area contributed by atoms with E-state index in [1.165, 1.54) is 0 Å². The van der Waals surface area contributed by atoms with Crippen molar-refractivity contribution in [1.82, 2.24) is 25.1 Å². The first-order valence-electron chi connectivity index (χ1n) is 7.26. The third kappa shape index (κ3) is 3.33. The lowest BCUT2D eigenvalue weighted by Crippen LogP contribution is -2.42. The molecular weight excluding hydrogens is 258 g/mol. The van der Waals surface area contributed by atoms with Crippen molar-refractivity contribution in [1.29, 1.82) is 0 Å². The lowest BCUT2D eigenvalue weighted by atomic mass is 9.80. The predicted molar refractivity (Wildman–Crippen MR) is 73.0 cm³/mol. The molecule has 0 saturated carbocycles. The van der Waals surface area contributed by atoms with Gasteiger partial charge in [-0.3, -0.25) is 9.69 Å². The topological polar surface area (TPSA) is 84.1 Å². The molecule has 0 aliphatic carbocycles. The Bertz CT molecular complexity index is 451. The fraction of sp³-hybridized carbons (Fsp3) is 0.846. The van der Waals surface area contributed by atoms with Gasteiger partial charge in [-0.25, -0.2) is 4.68 Å². The Hall–Kier alpha value is -1.50. The van der Waals surface area contributed by atoms with E-state index in [9.17, 15) is 9.90 Å². The molecule has 0 bridgehead atoms. The predicted octanol–water partition coefficient (Wildman–Crippen LogP) is 1.16. The number of nitrogens with zero attached hydrogens (tertiary/aromatic N) is 5. The van der Waals surface area contributed by atoms with Crippen LogP contribution in [0.1, 0.15) is 45.4 Å². The van der Waals surface area contributed by atoms with Crippen LogP contribution >= 0.6 is 0 Å². The van der Waals surface area contributed by atoms with Gasteiger partial charge in [-0.2, -0.15) is 0 Å². The number of piperidine rings is 1. The van der Waals surface area contributed by atoms with Crippen LogP contribution in [0.3, 0.4) is 0 Å². The Kier molecular flexibility index (Phi) is 4.69. The molecule has 0 spiro atoms. The smallest absolute Gasteiger partial charge is 0.309 e. The van der Waals surface area contributed by atoms with Crippen molar-refractivity contribution in [3.8, 4) is 0 Å². The summed E-state index contributed by atoms with van der Waals surface area (Å²) in [5.41, 5.74) is -0.579. The zero-order chi connectivity index (χ0) is 14.6. The van der Waals surface area contributed by atoms with Crippen molar-refractivity contribution in [2.24, 2.45) is 5.41 Å². The summed E-state index contributed by atoms with van der Waals surface area (Å²) in [5.74, 6) is 0.183. The Morgan fingerprint density at radius 3 is 2.70 bits per heavy atom. The molecule has 1 fully saturated rings. The van der Waals surface area contributed by atoms with Crippen LogP contribution in [0.25, 0.3) is 0 Å². The average molecular weight is 281 g/mol. The minimum Gasteiger partial charge on any atom is -0.481 e. The van der Waals surface area contributed by atoms with Crippen LogP contribution in [0.4, 0.5) is 0 Å². The normalized spacial score (nSPS) is 19.1. The zero-order valence-electron chi connectivity index (χ0n) is 12.2. The second-order valence-corrected chi connectivity index (χ2v) is 5.81. The number of likely N-dealkylation sites (tertiary alicyclic amines) is 1. The third-order valence-corrected chi connectivity index (χ3v) is 4.17. The highest BCUT2D eigenvalue weighted by Crippen LogP contribution is 2.31. The van der Waals surface area contributed by atoms with Gasteiger partial charge in [0.2, 0.25) is 0 Å². The standard InChI is InChI=1S/C13H23N5O2/c1-3-4-7-18-11(14-15-16-18)10-17-8-5-13(2,6-9-17)12(19)20/h3-10H2,1-2H3,(H,19,20). The van der Waals surface area contributed by atoms with E-state index < -0.39 is 11.4 Å². The number of aromatic nitrogens is 4. The van der Waals surface area contributed by atoms with Gasteiger partial charge in [0, 0.05) is 6.54 Å². The Morgan fingerprint density at radius 1 is 1.40 bits per heavy atom. The lowest BCUT2D eigenvalue weighted by Gasteiger charge is -2.36. The number of unbranched alkanes of at least 4 members (excludes halogenated alkanes) is 1. The van der Waals surface area contributed by atoms with Gasteiger partial charge in [-0.1, -0.05) is 13.3 Å². The molecular formula is C13H23N5O2. The highest BCUT2D eigenvalue weighted by molar-refractivity contribution is 5.74. The summed E-state index contributed by atoms with van der Waals surface area (Å²) in [7, 11) is 0. The van der Waals surface area contributed by atoms with Gasteiger partial charge in [0.05, 0.1) is 12.0 Å². The van der Waals surface area contributed by atoms with Crippen LogP contribution in [-0.4, -0.2) is 49.3 Å². The zero-order valence-corrected chi connectivity index (χ0v) is 12.2. The summed E-state index contributed by atoms with van der Waals surface area (Å²) in [6, 6.07) is 0. The Morgan fingerprint density at radius 2 is 2.10 bits per heavy atom. The van der Waals surface area contributed by atoms with Crippen LogP contribution in [0.2, 0.25) is 0 Å². The number of tetrazole rings is 1. The van der Waals surface area contributed by atoms with Crippen LogP contribution in [0, 0.1) is 5.41 Å². The molecule has 1 aliphatic heterocycles. The largest absolute Gasteiger partial charge is 0.481 e. The second-order valence-electron chi connectivity index (χ2n) is 5.81. The summed E-state index contributed by atoms with van der Waals surface area (Å²) in [5, 5.41) is 21.1. The van der Waals surface area contributed by atoms with E-state index in [2.05, 4.69) is 27.3 Å². The number of hydrogen-bond donors (Lipinski definition) is 1. The SMILES string of the molecule is CCCCn1nnnc1CN1CCC(C)(C(=O)O)CC1. The second kappa shape index (κ2) is 6.30. The van der Waals surface area contributed by atoms with Crippen LogP contribution in [0.5, 0.6) is 0 Å². The molecule has 2 rings (SSSR count). The molecule has 0 atom stereocenters. The number of hydrogen-bond acceptors (Lipinski definition) is 5. The van der Waals surface area contributed by atoms with E-state index in [0.717, 1.165) is 38.3 Å². The van der Waals surface area contributed by atoms with E-state index >= 15 is 0 Å². The number of carboxylic acid groups (broad SMARTS) is 1. The summed E-state index contributed by atoms with van der Waals surface area (Å²) in [6.45, 7) is 7.08. The van der Waals surface area contributed by atoms with Crippen LogP contribution in [0.15, 0.2) is 0 Å². The number of aryl methyl sites for hydroxylation is 1. The molecule has 0 unspecified atom stereocenters. The van der Waals surface area contributed by atoms with Crippen molar-refractivity contribution >= 4 is 5.97 Å². The van der Waals surface area contributed by atoms with Gasteiger partial charge in [-0.15, -0.1) is 5.10 Å². The summed E-state index contributed by atoms with van der Waals surface area (Å²) >= 11 is 0. The van der Waals surface area contributed by atoms with Gasteiger partial charge in [0.15, 0.2) is 5.82 Å². The van der Waals surface area contributed by atoms with Crippen molar-refractivity contribution < 1.29 is 9.90 Å². The third-order valence-electron chi connectivity index (χ3n) is 4.17. The molecule has 20 heavy (non-hydrogen) atoms. The molecule has 1 saturated heterocycles. The van der Waals surface area contributed by atoms with E-state index in [1.807, 2.05) is 11.6 Å². The van der Waals surface area contributed by atoms with Crippen LogP contribution < -0.4 is 0 Å². The molecule has 1 aromatic heterocycles. The minimum atomic E-state index is -0.690. The van der Waals surface area contributed by atoms with E-state index in [1.54, 1.807) is 0 Å². The van der Waals surface area contributed by atoms with E-state index in [0.29, 0.717) is 19.4 Å². The summed E-state index contributed by atoms with van der Waals surface area (Å²) in [4.78, 5) is 13.5. The molecule has 1 N–H and O–H groups in total. The molecule has 0 aromatic carbocycles. The molecule has 1 aliphatic rings. The molecule has 2 heterocycles. The summed E-state index contributed by atoms with van der Waals surface area (Å²) in [6.07, 6.45) is 3.53. The van der Waals surface area contributed by atoms with Crippen molar-refractivity contribution in [2.45, 2.75) is 52.6 Å². The number of carbonyl (C=O) groups is 1. The Balaban J connectivity index is 1.90. The average Bonchev–Trinajstić information content (AvgIpc) is 2.86. The highest BCUT2D eigenvalue weighted by Gasteiger charge is 2.37. The van der Waals surface area contributed by atoms with E-state index in [4.69, 9.17) is 0 Å². The highest BCUT2D eigenvalue weighted by atomic mass is 16.4. The molecule has 0 radical (unpaired) electrons. The van der Waals surface area contributed by atoms with Crippen molar-refractivity contribution in [3.63, 3.8) is 0 Å². The maximum atomic E-state index is 11.2. The first-order valence-corrected chi connectivity index (χ1v) is 7.26. The van der Waals surface area contributed by atoms with Crippen LogP contribution in [-0.2, 0) is 17.9 Å². The molecule has 0 amide bonds. The van der Waals surface area contributed by atoms with Gasteiger partial charge < -0.3 is 5.11 Å². The molecule has 7 heteroatoms. The van der Waals surface area contributed by atoms with E-state index in [-0.39, 0.29) is 0 Å². The number of carboxylic acids is 1. The maximum absolute atomic E-state index is 11.2. The molecule has 7 nitrogen and oxygen atoms in total. The number of rotatable bonds is 6. The maximum Gasteiger partial charge on any atom is 0.309 e.